The summed E-state index contributed by atoms with van der Waals surface area (Å²) in [7, 11) is 0. The van der Waals surface area contributed by atoms with E-state index in [2.05, 4.69) is 22.8 Å². The monoisotopic (exact) mass is 344 g/mol. The summed E-state index contributed by atoms with van der Waals surface area (Å²) < 4.78 is 0. The molecule has 0 bridgehead atoms. The number of carboxylic acids is 1. The number of anilines is 1. The summed E-state index contributed by atoms with van der Waals surface area (Å²) in [4.78, 5) is 15.8. The average molecular weight is 345 g/mol. The number of piperazine rings is 1. The maximum Gasteiger partial charge on any atom is 0.335 e. The van der Waals surface area contributed by atoms with Gasteiger partial charge in [-0.2, -0.15) is 0 Å². The maximum atomic E-state index is 11.1. The molecular formula is C19H21ClN2O2. The minimum atomic E-state index is -0.877. The van der Waals surface area contributed by atoms with Crippen molar-refractivity contribution in [1.29, 1.82) is 0 Å². The fourth-order valence-electron chi connectivity index (χ4n) is 3.13. The van der Waals surface area contributed by atoms with E-state index in [-0.39, 0.29) is 0 Å². The Morgan fingerprint density at radius 2 is 1.88 bits per heavy atom. The van der Waals surface area contributed by atoms with Crippen LogP contribution in [0, 0.1) is 6.92 Å². The van der Waals surface area contributed by atoms with E-state index in [1.54, 1.807) is 12.1 Å². The second-order valence-corrected chi connectivity index (χ2v) is 6.64. The van der Waals surface area contributed by atoms with Crippen molar-refractivity contribution in [2.45, 2.75) is 13.5 Å². The third-order valence-corrected chi connectivity index (χ3v) is 4.70. The summed E-state index contributed by atoms with van der Waals surface area (Å²) in [5.74, 6) is -0.877. The number of aryl methyl sites for hydroxylation is 1. The molecule has 1 heterocycles. The summed E-state index contributed by atoms with van der Waals surface area (Å²) in [6, 6.07) is 13.2. The SMILES string of the molecule is Cc1ccc(Cl)cc1N1CCN(Cc2cccc(C(=O)O)c2)CC1. The van der Waals surface area contributed by atoms with Crippen LogP contribution in [-0.4, -0.2) is 42.2 Å². The Kier molecular flexibility index (Phi) is 5.07. The molecule has 0 aromatic heterocycles. The van der Waals surface area contributed by atoms with Gasteiger partial charge in [0.25, 0.3) is 0 Å². The lowest BCUT2D eigenvalue weighted by Gasteiger charge is -2.37. The zero-order valence-electron chi connectivity index (χ0n) is 13.7. The van der Waals surface area contributed by atoms with Gasteiger partial charge in [0, 0.05) is 43.4 Å². The van der Waals surface area contributed by atoms with Gasteiger partial charge in [-0.3, -0.25) is 4.90 Å². The second-order valence-electron chi connectivity index (χ2n) is 6.20. The first-order chi connectivity index (χ1) is 11.5. The van der Waals surface area contributed by atoms with Crippen molar-refractivity contribution < 1.29 is 9.90 Å². The summed E-state index contributed by atoms with van der Waals surface area (Å²) in [6.45, 7) is 6.67. The molecule has 24 heavy (non-hydrogen) atoms. The van der Waals surface area contributed by atoms with Gasteiger partial charge in [-0.05, 0) is 42.3 Å². The highest BCUT2D eigenvalue weighted by molar-refractivity contribution is 6.30. The Balaban J connectivity index is 1.62. The van der Waals surface area contributed by atoms with Gasteiger partial charge in [-0.15, -0.1) is 0 Å². The number of carbonyl (C=O) groups is 1. The Morgan fingerprint density at radius 1 is 1.12 bits per heavy atom. The van der Waals surface area contributed by atoms with Crippen LogP contribution < -0.4 is 4.90 Å². The van der Waals surface area contributed by atoms with E-state index in [4.69, 9.17) is 16.7 Å². The number of aromatic carboxylic acids is 1. The lowest BCUT2D eigenvalue weighted by molar-refractivity contribution is 0.0696. The van der Waals surface area contributed by atoms with Crippen molar-refractivity contribution >= 4 is 23.3 Å². The van der Waals surface area contributed by atoms with E-state index in [9.17, 15) is 4.79 Å². The van der Waals surface area contributed by atoms with Gasteiger partial charge in [0.2, 0.25) is 0 Å². The van der Waals surface area contributed by atoms with Gasteiger partial charge in [-0.1, -0.05) is 29.8 Å². The number of carboxylic acid groups (broad SMARTS) is 1. The molecular weight excluding hydrogens is 324 g/mol. The summed E-state index contributed by atoms with van der Waals surface area (Å²) in [5, 5.41) is 9.86. The molecule has 1 aliphatic rings. The summed E-state index contributed by atoms with van der Waals surface area (Å²) >= 11 is 6.13. The molecule has 2 aromatic rings. The number of halogens is 1. The molecule has 1 aliphatic heterocycles. The molecule has 0 atom stereocenters. The number of benzene rings is 2. The fourth-order valence-corrected chi connectivity index (χ4v) is 3.30. The van der Waals surface area contributed by atoms with Gasteiger partial charge in [-0.25, -0.2) is 4.79 Å². The molecule has 2 aromatic carbocycles. The van der Waals surface area contributed by atoms with Gasteiger partial charge < -0.3 is 10.0 Å². The first-order valence-corrected chi connectivity index (χ1v) is 8.46. The van der Waals surface area contributed by atoms with Crippen LogP contribution in [0.15, 0.2) is 42.5 Å². The maximum absolute atomic E-state index is 11.1. The topological polar surface area (TPSA) is 43.8 Å². The zero-order chi connectivity index (χ0) is 17.1. The third kappa shape index (κ3) is 3.89. The molecule has 0 aliphatic carbocycles. The van der Waals surface area contributed by atoms with Gasteiger partial charge >= 0.3 is 5.97 Å². The Hall–Kier alpha value is -2.04. The standard InChI is InChI=1S/C19H21ClN2O2/c1-14-5-6-17(20)12-18(14)22-9-7-21(8-10-22)13-15-3-2-4-16(11-15)19(23)24/h2-6,11-12H,7-10,13H2,1H3,(H,23,24). The largest absolute Gasteiger partial charge is 0.478 e. The third-order valence-electron chi connectivity index (χ3n) is 4.46. The minimum Gasteiger partial charge on any atom is -0.478 e. The van der Waals surface area contributed by atoms with Crippen LogP contribution in [-0.2, 0) is 6.54 Å². The molecule has 0 amide bonds. The number of rotatable bonds is 4. The van der Waals surface area contributed by atoms with Gasteiger partial charge in [0.15, 0.2) is 0 Å². The normalized spacial score (nSPS) is 15.5. The van der Waals surface area contributed by atoms with E-state index in [0.717, 1.165) is 43.3 Å². The Bertz CT molecular complexity index is 740. The van der Waals surface area contributed by atoms with Crippen molar-refractivity contribution in [2.75, 3.05) is 31.1 Å². The zero-order valence-corrected chi connectivity index (χ0v) is 14.5. The van der Waals surface area contributed by atoms with Crippen LogP contribution in [0.3, 0.4) is 0 Å². The molecule has 0 saturated carbocycles. The van der Waals surface area contributed by atoms with Gasteiger partial charge in [0.1, 0.15) is 0 Å². The van der Waals surface area contributed by atoms with Crippen LogP contribution in [0.4, 0.5) is 5.69 Å². The van der Waals surface area contributed by atoms with E-state index in [1.165, 1.54) is 11.3 Å². The predicted molar refractivity (Wildman–Crippen MR) is 97.1 cm³/mol. The minimum absolute atomic E-state index is 0.348. The molecule has 126 valence electrons. The highest BCUT2D eigenvalue weighted by Gasteiger charge is 2.19. The molecule has 0 radical (unpaired) electrons. The van der Waals surface area contributed by atoms with Crippen molar-refractivity contribution in [2.24, 2.45) is 0 Å². The molecule has 4 nitrogen and oxygen atoms in total. The smallest absolute Gasteiger partial charge is 0.335 e. The van der Waals surface area contributed by atoms with Crippen LogP contribution in [0.5, 0.6) is 0 Å². The molecule has 1 N–H and O–H groups in total. The summed E-state index contributed by atoms with van der Waals surface area (Å²) in [6.07, 6.45) is 0. The van der Waals surface area contributed by atoms with Crippen molar-refractivity contribution in [3.05, 3.63) is 64.2 Å². The molecule has 0 spiro atoms. The molecule has 1 saturated heterocycles. The van der Waals surface area contributed by atoms with Crippen molar-refractivity contribution in [3.63, 3.8) is 0 Å². The lowest BCUT2D eigenvalue weighted by atomic mass is 10.1. The molecule has 5 heteroatoms. The number of hydrogen-bond donors (Lipinski definition) is 1. The molecule has 1 fully saturated rings. The Labute approximate surface area is 147 Å². The van der Waals surface area contributed by atoms with Crippen molar-refractivity contribution in [3.8, 4) is 0 Å². The molecule has 3 rings (SSSR count). The van der Waals surface area contributed by atoms with Crippen LogP contribution in [0.2, 0.25) is 5.02 Å². The van der Waals surface area contributed by atoms with E-state index < -0.39 is 5.97 Å². The first kappa shape index (κ1) is 16.8. The number of nitrogens with zero attached hydrogens (tertiary/aromatic N) is 2. The number of hydrogen-bond acceptors (Lipinski definition) is 3. The van der Waals surface area contributed by atoms with E-state index >= 15 is 0 Å². The summed E-state index contributed by atoms with van der Waals surface area (Å²) in [5.41, 5.74) is 3.83. The first-order valence-electron chi connectivity index (χ1n) is 8.08. The quantitative estimate of drug-likeness (QED) is 0.919. The van der Waals surface area contributed by atoms with Crippen LogP contribution in [0.1, 0.15) is 21.5 Å². The van der Waals surface area contributed by atoms with Crippen LogP contribution in [0.25, 0.3) is 0 Å². The predicted octanol–water partition coefficient (Wildman–Crippen LogP) is 3.67. The Morgan fingerprint density at radius 3 is 2.58 bits per heavy atom. The highest BCUT2D eigenvalue weighted by atomic mass is 35.5. The highest BCUT2D eigenvalue weighted by Crippen LogP contribution is 2.25. The fraction of sp³-hybridized carbons (Fsp3) is 0.316. The lowest BCUT2D eigenvalue weighted by Crippen LogP contribution is -2.46. The van der Waals surface area contributed by atoms with Crippen LogP contribution >= 0.6 is 11.6 Å². The van der Waals surface area contributed by atoms with E-state index in [1.807, 2.05) is 24.3 Å². The van der Waals surface area contributed by atoms with E-state index in [0.29, 0.717) is 5.56 Å². The van der Waals surface area contributed by atoms with Crippen molar-refractivity contribution in [1.82, 2.24) is 4.90 Å². The van der Waals surface area contributed by atoms with Gasteiger partial charge in [0.05, 0.1) is 5.56 Å². The molecule has 0 unspecified atom stereocenters. The average Bonchev–Trinajstić information content (AvgIpc) is 2.58. The second kappa shape index (κ2) is 7.24.